The lowest BCUT2D eigenvalue weighted by Crippen LogP contribution is -2.40. The van der Waals surface area contributed by atoms with E-state index in [-0.39, 0.29) is 25.2 Å². The molecule has 1 unspecified atom stereocenters. The lowest BCUT2D eigenvalue weighted by molar-refractivity contribution is -0.870. The minimum Gasteiger partial charge on any atom is -0.756 e. The minimum absolute atomic E-state index is 0.0736. The van der Waals surface area contributed by atoms with Crippen molar-refractivity contribution in [3.05, 3.63) is 0 Å². The summed E-state index contributed by atoms with van der Waals surface area (Å²) in [7, 11) is 1.51. The summed E-state index contributed by atoms with van der Waals surface area (Å²) in [6.45, 7) is 4.58. The first-order valence-electron chi connectivity index (χ1n) is 14.4. The van der Waals surface area contributed by atoms with Gasteiger partial charge in [-0.05, 0) is 12.2 Å². The smallest absolute Gasteiger partial charge is 0.268 e. The Kier molecular flexibility index (Phi) is 22.8. The summed E-state index contributed by atoms with van der Waals surface area (Å²) in [5, 5.41) is 2.87. The fourth-order valence-electron chi connectivity index (χ4n) is 3.73. The quantitative estimate of drug-likeness (QED) is 0.0769. The number of phosphoric acid groups is 1. The van der Waals surface area contributed by atoms with Crippen molar-refractivity contribution in [2.75, 3.05) is 52.4 Å². The molecule has 36 heavy (non-hydrogen) atoms. The molecule has 0 rings (SSSR count). The van der Waals surface area contributed by atoms with Gasteiger partial charge in [0.15, 0.2) is 0 Å². The highest BCUT2D eigenvalue weighted by atomic mass is 32.2. The summed E-state index contributed by atoms with van der Waals surface area (Å²) in [4.78, 5) is 23.9. The molecular formula is C27H57N2O5PS. The van der Waals surface area contributed by atoms with E-state index >= 15 is 0 Å². The lowest BCUT2D eigenvalue weighted by Gasteiger charge is -2.28. The molecule has 0 heterocycles. The number of hydrogen-bond donors (Lipinski definition) is 1. The number of quaternary nitrogens is 1. The van der Waals surface area contributed by atoms with E-state index in [9.17, 15) is 14.3 Å². The number of carbonyl (C=O) groups excluding carboxylic acids is 1. The van der Waals surface area contributed by atoms with Crippen molar-refractivity contribution in [3.63, 3.8) is 0 Å². The molecule has 9 heteroatoms. The van der Waals surface area contributed by atoms with Crippen molar-refractivity contribution in [2.24, 2.45) is 0 Å². The molecule has 0 aliphatic heterocycles. The molecule has 7 nitrogen and oxygen atoms in total. The molecule has 0 aromatic heterocycles. The Bertz CT molecular complexity index is 575. The summed E-state index contributed by atoms with van der Waals surface area (Å²) >= 11 is 1.74. The molecule has 0 spiro atoms. The number of nitrogens with zero attached hydrogens (tertiary/aromatic N) is 1. The summed E-state index contributed by atoms with van der Waals surface area (Å²) in [5.41, 5.74) is 0. The van der Waals surface area contributed by atoms with Crippen molar-refractivity contribution in [1.82, 2.24) is 5.32 Å². The molecular weight excluding hydrogens is 495 g/mol. The molecule has 0 saturated heterocycles. The second-order valence-electron chi connectivity index (χ2n) is 10.9. The zero-order chi connectivity index (χ0) is 27.1. The van der Waals surface area contributed by atoms with E-state index < -0.39 is 7.82 Å². The molecule has 0 bridgehead atoms. The highest BCUT2D eigenvalue weighted by Gasteiger charge is 2.18. The number of likely N-dealkylation sites (N-methyl/N-ethyl adjacent to an activating group) is 1. The van der Waals surface area contributed by atoms with Gasteiger partial charge in [-0.1, -0.05) is 97.3 Å². The number of nitrogens with one attached hydrogen (secondary N) is 1. The van der Waals surface area contributed by atoms with Gasteiger partial charge in [0.25, 0.3) is 7.82 Å². The third-order valence-electron chi connectivity index (χ3n) is 6.09. The topological polar surface area (TPSA) is 87.7 Å². The van der Waals surface area contributed by atoms with E-state index in [2.05, 4.69) is 12.2 Å². The van der Waals surface area contributed by atoms with E-state index in [4.69, 9.17) is 9.05 Å². The maximum atomic E-state index is 12.1. The van der Waals surface area contributed by atoms with E-state index in [1.54, 1.807) is 18.7 Å². The van der Waals surface area contributed by atoms with E-state index in [1.165, 1.54) is 83.5 Å². The zero-order valence-electron chi connectivity index (χ0n) is 24.1. The average molecular weight is 553 g/mol. The summed E-state index contributed by atoms with van der Waals surface area (Å²) in [6, 6.07) is -0.349. The number of carbonyl (C=O) groups is 1. The number of rotatable bonds is 26. The summed E-state index contributed by atoms with van der Waals surface area (Å²) in [5.74, 6) is 1.53. The maximum absolute atomic E-state index is 12.1. The van der Waals surface area contributed by atoms with Gasteiger partial charge in [-0.2, -0.15) is 11.8 Å². The second-order valence-corrected chi connectivity index (χ2v) is 13.4. The minimum atomic E-state index is -4.38. The van der Waals surface area contributed by atoms with Crippen molar-refractivity contribution in [1.29, 1.82) is 0 Å². The Labute approximate surface area is 227 Å². The Morgan fingerprint density at radius 3 is 1.83 bits per heavy atom. The van der Waals surface area contributed by atoms with Gasteiger partial charge in [0.05, 0.1) is 33.8 Å². The van der Waals surface area contributed by atoms with Crippen LogP contribution in [0, 0.1) is 0 Å². The van der Waals surface area contributed by atoms with Gasteiger partial charge in [-0.25, -0.2) is 0 Å². The van der Waals surface area contributed by atoms with E-state index in [0.717, 1.165) is 12.2 Å². The molecule has 216 valence electrons. The SMILES string of the molecule is CCCCCCCCCCCCCCCCSC[C@H](COP(=O)([O-])OCC[N+](C)(C)C)NC(=O)CC. The van der Waals surface area contributed by atoms with Crippen LogP contribution in [0.2, 0.25) is 0 Å². The Morgan fingerprint density at radius 2 is 1.36 bits per heavy atom. The van der Waals surface area contributed by atoms with Crippen LogP contribution in [-0.2, 0) is 18.4 Å². The van der Waals surface area contributed by atoms with Crippen LogP contribution < -0.4 is 10.2 Å². The summed E-state index contributed by atoms with van der Waals surface area (Å²) in [6.07, 6.45) is 19.2. The number of thioether (sulfide) groups is 1. The molecule has 0 aromatic rings. The maximum Gasteiger partial charge on any atom is 0.268 e. The molecule has 0 radical (unpaired) electrons. The molecule has 0 saturated carbocycles. The van der Waals surface area contributed by atoms with Crippen molar-refractivity contribution in [2.45, 2.75) is 116 Å². The molecule has 0 fully saturated rings. The molecule has 2 atom stereocenters. The molecule has 1 amide bonds. The molecule has 0 aliphatic rings. The largest absolute Gasteiger partial charge is 0.756 e. The fourth-order valence-corrected chi connectivity index (χ4v) is 5.51. The van der Waals surface area contributed by atoms with Crippen LogP contribution in [-0.4, -0.2) is 68.8 Å². The standard InChI is InChI=1S/C27H57N2O5PS/c1-6-8-9-10-11-12-13-14-15-16-17-18-19-20-23-36-25-26(28-27(30)7-2)24-34-35(31,32)33-22-21-29(3,4)5/h26H,6-25H2,1-5H3,(H-,28,30,31,32)/t26-/m0/s1. The predicted octanol–water partition coefficient (Wildman–Crippen LogP) is 6.30. The highest BCUT2D eigenvalue weighted by Crippen LogP contribution is 2.38. The van der Waals surface area contributed by atoms with Gasteiger partial charge < -0.3 is 23.7 Å². The Balaban J connectivity index is 3.88. The van der Waals surface area contributed by atoms with Crippen molar-refractivity contribution >= 4 is 25.5 Å². The highest BCUT2D eigenvalue weighted by molar-refractivity contribution is 7.99. The average Bonchev–Trinajstić information content (AvgIpc) is 2.81. The summed E-state index contributed by atoms with van der Waals surface area (Å²) < 4.78 is 22.7. The number of hydrogen-bond acceptors (Lipinski definition) is 6. The second kappa shape index (κ2) is 22.8. The molecule has 0 aliphatic carbocycles. The van der Waals surface area contributed by atoms with Crippen LogP contribution in [0.5, 0.6) is 0 Å². The number of unbranched alkanes of at least 4 members (excludes halogenated alkanes) is 13. The van der Waals surface area contributed by atoms with Crippen LogP contribution >= 0.6 is 19.6 Å². The first-order valence-corrected chi connectivity index (χ1v) is 17.0. The van der Waals surface area contributed by atoms with Gasteiger partial charge in [-0.15, -0.1) is 0 Å². The van der Waals surface area contributed by atoms with Crippen LogP contribution in [0.4, 0.5) is 0 Å². The van der Waals surface area contributed by atoms with Crippen LogP contribution in [0.25, 0.3) is 0 Å². The molecule has 0 aromatic carbocycles. The van der Waals surface area contributed by atoms with Gasteiger partial charge >= 0.3 is 0 Å². The predicted molar refractivity (Wildman–Crippen MR) is 152 cm³/mol. The third-order valence-corrected chi connectivity index (χ3v) is 8.27. The Morgan fingerprint density at radius 1 is 0.861 bits per heavy atom. The van der Waals surface area contributed by atoms with Gasteiger partial charge in [0.2, 0.25) is 5.91 Å². The monoisotopic (exact) mass is 552 g/mol. The number of amides is 1. The first-order chi connectivity index (χ1) is 17.1. The zero-order valence-corrected chi connectivity index (χ0v) is 25.8. The molecule has 1 N–H and O–H groups in total. The third kappa shape index (κ3) is 25.5. The van der Waals surface area contributed by atoms with Gasteiger partial charge in [-0.3, -0.25) is 9.36 Å². The van der Waals surface area contributed by atoms with Crippen LogP contribution in [0.15, 0.2) is 0 Å². The first kappa shape index (κ1) is 35.9. The normalized spacial score (nSPS) is 14.5. The number of phosphoric ester groups is 1. The van der Waals surface area contributed by atoms with Crippen molar-refractivity contribution < 1.29 is 27.8 Å². The fraction of sp³-hybridized carbons (Fsp3) is 0.963. The van der Waals surface area contributed by atoms with Gasteiger partial charge in [0.1, 0.15) is 13.2 Å². The lowest BCUT2D eigenvalue weighted by atomic mass is 10.0. The van der Waals surface area contributed by atoms with Crippen molar-refractivity contribution in [3.8, 4) is 0 Å². The van der Waals surface area contributed by atoms with Gasteiger partial charge in [0, 0.05) is 12.2 Å². The van der Waals surface area contributed by atoms with E-state index in [1.807, 2.05) is 21.1 Å². The Hall–Kier alpha value is -0.110. The van der Waals surface area contributed by atoms with E-state index in [0.29, 0.717) is 23.2 Å². The van der Waals surface area contributed by atoms with Crippen LogP contribution in [0.3, 0.4) is 0 Å². The van der Waals surface area contributed by atoms with Crippen LogP contribution in [0.1, 0.15) is 110 Å².